The largest absolute Gasteiger partial charge is 0.493 e. The van der Waals surface area contributed by atoms with Crippen molar-refractivity contribution in [3.05, 3.63) is 11.7 Å². The van der Waals surface area contributed by atoms with Crippen LogP contribution in [0.1, 0.15) is 6.92 Å². The number of aliphatic hydroxyl groups excluding tert-OH is 1. The van der Waals surface area contributed by atoms with Crippen LogP contribution in [0.4, 0.5) is 4.39 Å². The quantitative estimate of drug-likeness (QED) is 0.441. The Balaban J connectivity index is 2.85. The number of aliphatic hydroxyl groups is 1. The summed E-state index contributed by atoms with van der Waals surface area (Å²) in [7, 11) is 0. The van der Waals surface area contributed by atoms with Gasteiger partial charge in [-0.2, -0.15) is 4.39 Å². The van der Waals surface area contributed by atoms with Crippen molar-refractivity contribution in [1.82, 2.24) is 10.6 Å². The fraction of sp³-hybridized carbons (Fsp3) is 0.400. The lowest BCUT2D eigenvalue weighted by Crippen LogP contribution is -2.47. The minimum Gasteiger partial charge on any atom is -0.493 e. The lowest BCUT2D eigenvalue weighted by atomic mass is 10.4. The number of amides is 1. The molecule has 0 bridgehead atoms. The zero-order chi connectivity index (χ0) is 7.72. The summed E-state index contributed by atoms with van der Waals surface area (Å²) in [6, 6.07) is 0. The highest BCUT2D eigenvalue weighted by Gasteiger charge is 2.23. The summed E-state index contributed by atoms with van der Waals surface area (Å²) >= 11 is 0. The van der Waals surface area contributed by atoms with Crippen LogP contribution in [-0.2, 0) is 4.79 Å². The van der Waals surface area contributed by atoms with Crippen LogP contribution < -0.4 is 10.6 Å². The van der Waals surface area contributed by atoms with Crippen LogP contribution in [0.25, 0.3) is 0 Å². The lowest BCUT2D eigenvalue weighted by molar-refractivity contribution is -0.120. The third-order valence-electron chi connectivity index (χ3n) is 1.11. The summed E-state index contributed by atoms with van der Waals surface area (Å²) in [4.78, 5) is 10.5. The molecule has 1 rings (SSSR count). The first kappa shape index (κ1) is 6.85. The summed E-state index contributed by atoms with van der Waals surface area (Å²) < 4.78 is 12.3. The molecule has 0 saturated heterocycles. The van der Waals surface area contributed by atoms with Crippen LogP contribution in [0.3, 0.4) is 0 Å². The molecule has 0 radical (unpaired) electrons. The molecule has 1 heterocycles. The number of hydrogen-bond donors (Lipinski definition) is 3. The molecule has 1 atom stereocenters. The number of hydrogen-bond acceptors (Lipinski definition) is 3. The Morgan fingerprint density at radius 1 is 1.60 bits per heavy atom. The number of halogens is 1. The maximum atomic E-state index is 12.3. The van der Waals surface area contributed by atoms with E-state index in [4.69, 9.17) is 5.11 Å². The maximum Gasteiger partial charge on any atom is 0.287 e. The topological polar surface area (TPSA) is 61.4 Å². The van der Waals surface area contributed by atoms with Gasteiger partial charge in [-0.1, -0.05) is 0 Å². The standard InChI is InChI=1S/C5H7FN2O2/c1-2-7-4(9)3(6)5(10)8-2/h2,7,9H,1H3,(H,8,10)/t2-/m1/s1. The van der Waals surface area contributed by atoms with Crippen molar-refractivity contribution in [2.24, 2.45) is 0 Å². The summed E-state index contributed by atoms with van der Waals surface area (Å²) in [5.74, 6) is -2.75. The van der Waals surface area contributed by atoms with Gasteiger partial charge >= 0.3 is 0 Å². The van der Waals surface area contributed by atoms with Crippen molar-refractivity contribution < 1.29 is 14.3 Å². The molecule has 0 unspecified atom stereocenters. The van der Waals surface area contributed by atoms with Crippen molar-refractivity contribution in [1.29, 1.82) is 0 Å². The van der Waals surface area contributed by atoms with E-state index >= 15 is 0 Å². The Hall–Kier alpha value is -1.26. The second-order valence-corrected chi connectivity index (χ2v) is 2.00. The maximum absolute atomic E-state index is 12.3. The number of rotatable bonds is 0. The molecule has 56 valence electrons. The molecule has 0 aromatic carbocycles. The average molecular weight is 146 g/mol. The molecule has 0 aliphatic carbocycles. The molecule has 5 heteroatoms. The van der Waals surface area contributed by atoms with E-state index in [1.54, 1.807) is 6.92 Å². The molecule has 4 nitrogen and oxygen atoms in total. The first-order chi connectivity index (χ1) is 4.61. The van der Waals surface area contributed by atoms with Crippen LogP contribution in [-0.4, -0.2) is 17.2 Å². The Kier molecular flexibility index (Phi) is 1.48. The molecule has 3 N–H and O–H groups in total. The Morgan fingerprint density at radius 2 is 2.20 bits per heavy atom. The molecule has 0 fully saturated rings. The molecule has 1 amide bonds. The van der Waals surface area contributed by atoms with Gasteiger partial charge in [-0.25, -0.2) is 0 Å². The highest BCUT2D eigenvalue weighted by atomic mass is 19.1. The van der Waals surface area contributed by atoms with Gasteiger partial charge in [0.15, 0.2) is 0 Å². The van der Waals surface area contributed by atoms with Gasteiger partial charge in [-0.15, -0.1) is 0 Å². The van der Waals surface area contributed by atoms with Gasteiger partial charge in [0.25, 0.3) is 5.91 Å². The molecule has 0 saturated carbocycles. The zero-order valence-electron chi connectivity index (χ0n) is 5.31. The zero-order valence-corrected chi connectivity index (χ0v) is 5.31. The molecule has 0 spiro atoms. The number of nitrogens with one attached hydrogen (secondary N) is 2. The van der Waals surface area contributed by atoms with E-state index in [-0.39, 0.29) is 0 Å². The van der Waals surface area contributed by atoms with E-state index in [9.17, 15) is 9.18 Å². The van der Waals surface area contributed by atoms with E-state index in [2.05, 4.69) is 10.6 Å². The predicted molar refractivity (Wildman–Crippen MR) is 31.5 cm³/mol. The van der Waals surface area contributed by atoms with Crippen molar-refractivity contribution in [3.63, 3.8) is 0 Å². The van der Waals surface area contributed by atoms with Gasteiger partial charge in [0.2, 0.25) is 11.7 Å². The highest BCUT2D eigenvalue weighted by Crippen LogP contribution is 2.05. The molecule has 1 aliphatic heterocycles. The third kappa shape index (κ3) is 1.02. The monoisotopic (exact) mass is 146 g/mol. The SMILES string of the molecule is C[C@H]1NC(=O)C(F)=C(O)N1. The molecule has 0 aromatic rings. The lowest BCUT2D eigenvalue weighted by Gasteiger charge is -2.20. The summed E-state index contributed by atoms with van der Waals surface area (Å²) in [5, 5.41) is 13.2. The minimum absolute atomic E-state index is 0.424. The van der Waals surface area contributed by atoms with Crippen LogP contribution in [0, 0.1) is 0 Å². The van der Waals surface area contributed by atoms with Gasteiger partial charge in [-0.05, 0) is 6.92 Å². The first-order valence-corrected chi connectivity index (χ1v) is 2.77. The van der Waals surface area contributed by atoms with Crippen LogP contribution in [0.15, 0.2) is 11.7 Å². The Labute approximate surface area is 56.7 Å². The molecule has 0 aromatic heterocycles. The predicted octanol–water partition coefficient (Wildman–Crippen LogP) is -0.252. The van der Waals surface area contributed by atoms with Crippen molar-refractivity contribution >= 4 is 5.91 Å². The molecular weight excluding hydrogens is 139 g/mol. The first-order valence-electron chi connectivity index (χ1n) is 2.77. The van der Waals surface area contributed by atoms with Crippen molar-refractivity contribution in [3.8, 4) is 0 Å². The Bertz CT molecular complexity index is 202. The fourth-order valence-corrected chi connectivity index (χ4v) is 0.672. The van der Waals surface area contributed by atoms with E-state index < -0.39 is 23.8 Å². The smallest absolute Gasteiger partial charge is 0.287 e. The highest BCUT2D eigenvalue weighted by molar-refractivity contribution is 5.92. The van der Waals surface area contributed by atoms with Crippen molar-refractivity contribution in [2.75, 3.05) is 0 Å². The van der Waals surface area contributed by atoms with E-state index in [0.717, 1.165) is 0 Å². The van der Waals surface area contributed by atoms with E-state index in [1.807, 2.05) is 0 Å². The number of carbonyl (C=O) groups is 1. The normalized spacial score (nSPS) is 25.8. The Morgan fingerprint density at radius 3 is 2.70 bits per heavy atom. The molecular formula is C5H7FN2O2. The second kappa shape index (κ2) is 2.17. The summed E-state index contributed by atoms with van der Waals surface area (Å²) in [5.41, 5.74) is 0. The van der Waals surface area contributed by atoms with Gasteiger partial charge in [0.05, 0.1) is 6.17 Å². The third-order valence-corrected chi connectivity index (χ3v) is 1.11. The van der Waals surface area contributed by atoms with Gasteiger partial charge in [0.1, 0.15) is 0 Å². The minimum atomic E-state index is -1.17. The number of carbonyl (C=O) groups excluding carboxylic acids is 1. The van der Waals surface area contributed by atoms with Gasteiger partial charge < -0.3 is 15.7 Å². The van der Waals surface area contributed by atoms with E-state index in [0.29, 0.717) is 0 Å². The van der Waals surface area contributed by atoms with Gasteiger partial charge in [0, 0.05) is 0 Å². The van der Waals surface area contributed by atoms with Crippen molar-refractivity contribution in [2.45, 2.75) is 13.1 Å². The fourth-order valence-electron chi connectivity index (χ4n) is 0.672. The van der Waals surface area contributed by atoms with Crippen LogP contribution in [0.5, 0.6) is 0 Å². The molecule has 10 heavy (non-hydrogen) atoms. The molecule has 1 aliphatic rings. The van der Waals surface area contributed by atoms with Crippen LogP contribution in [0.2, 0.25) is 0 Å². The van der Waals surface area contributed by atoms with E-state index in [1.165, 1.54) is 0 Å². The average Bonchev–Trinajstić information content (AvgIpc) is 1.82. The second-order valence-electron chi connectivity index (χ2n) is 2.00. The summed E-state index contributed by atoms with van der Waals surface area (Å²) in [6.45, 7) is 1.58. The van der Waals surface area contributed by atoms with Crippen LogP contribution >= 0.6 is 0 Å². The van der Waals surface area contributed by atoms with Gasteiger partial charge in [-0.3, -0.25) is 4.79 Å². The summed E-state index contributed by atoms with van der Waals surface area (Å²) in [6.07, 6.45) is -0.424.